The predicted molar refractivity (Wildman–Crippen MR) is 72.8 cm³/mol. The highest BCUT2D eigenvalue weighted by atomic mass is 32.2. The molecule has 2 aromatic heterocycles. The summed E-state index contributed by atoms with van der Waals surface area (Å²) in [5.41, 5.74) is 17.0. The molecule has 0 fully saturated rings. The quantitative estimate of drug-likeness (QED) is 0.573. The lowest BCUT2D eigenvalue weighted by atomic mass is 10.3. The van der Waals surface area contributed by atoms with Crippen molar-refractivity contribution in [3.63, 3.8) is 0 Å². The number of rotatable bonds is 4. The van der Waals surface area contributed by atoms with Crippen LogP contribution in [0.4, 0.5) is 11.6 Å². The lowest BCUT2D eigenvalue weighted by molar-refractivity contribution is 0.927. The maximum absolute atomic E-state index is 5.76. The molecule has 0 spiro atoms. The van der Waals surface area contributed by atoms with Crippen molar-refractivity contribution in [2.24, 2.45) is 5.73 Å². The van der Waals surface area contributed by atoms with Gasteiger partial charge in [-0.2, -0.15) is 0 Å². The van der Waals surface area contributed by atoms with Crippen molar-refractivity contribution in [2.75, 3.05) is 18.0 Å². The molecular weight excluding hydrogens is 254 g/mol. The largest absolute Gasteiger partial charge is 0.383 e. The molecule has 5 nitrogen and oxygen atoms in total. The average Bonchev–Trinajstić information content (AvgIpc) is 2.77. The molecule has 90 valence electrons. The van der Waals surface area contributed by atoms with E-state index in [9.17, 15) is 0 Å². The molecular formula is C10H13N5S2. The molecule has 17 heavy (non-hydrogen) atoms. The molecule has 0 aliphatic carbocycles. The van der Waals surface area contributed by atoms with Gasteiger partial charge < -0.3 is 17.2 Å². The van der Waals surface area contributed by atoms with Crippen molar-refractivity contribution < 1.29 is 0 Å². The van der Waals surface area contributed by atoms with Crippen molar-refractivity contribution in [2.45, 2.75) is 10.4 Å². The Morgan fingerprint density at radius 3 is 2.53 bits per heavy atom. The fourth-order valence-corrected chi connectivity index (χ4v) is 3.23. The Balaban J connectivity index is 2.18. The topological polar surface area (TPSA) is 104 Å². The van der Waals surface area contributed by atoms with Crippen molar-refractivity contribution in [1.82, 2.24) is 9.97 Å². The maximum Gasteiger partial charge on any atom is 0.192 e. The van der Waals surface area contributed by atoms with Gasteiger partial charge in [-0.25, -0.2) is 9.97 Å². The van der Waals surface area contributed by atoms with E-state index in [1.807, 2.05) is 17.5 Å². The summed E-state index contributed by atoms with van der Waals surface area (Å²) in [5, 5.41) is 2.72. The highest BCUT2D eigenvalue weighted by Crippen LogP contribution is 2.35. The van der Waals surface area contributed by atoms with Crippen LogP contribution in [-0.2, 0) is 0 Å². The molecule has 1 unspecified atom stereocenters. The Hall–Kier alpha value is -1.31. The van der Waals surface area contributed by atoms with Gasteiger partial charge in [-0.05, 0) is 11.4 Å². The number of hydrogen-bond donors (Lipinski definition) is 3. The molecule has 0 aromatic carbocycles. The molecule has 0 aliphatic heterocycles. The molecule has 0 saturated carbocycles. The summed E-state index contributed by atoms with van der Waals surface area (Å²) < 4.78 is 0. The third-order valence-electron chi connectivity index (χ3n) is 2.07. The van der Waals surface area contributed by atoms with Crippen LogP contribution in [0.1, 0.15) is 10.1 Å². The molecule has 2 aromatic rings. The summed E-state index contributed by atoms with van der Waals surface area (Å²) in [5.74, 6) is 0.754. The van der Waals surface area contributed by atoms with Gasteiger partial charge in [0.05, 0.1) is 5.25 Å². The SMILES string of the molecule is NCC(Sc1nc(N)cc(N)n1)c1cccs1. The van der Waals surface area contributed by atoms with Gasteiger partial charge in [-0.1, -0.05) is 17.8 Å². The number of nitrogen functional groups attached to an aromatic ring is 2. The van der Waals surface area contributed by atoms with Crippen molar-refractivity contribution in [1.29, 1.82) is 0 Å². The minimum absolute atomic E-state index is 0.135. The number of hydrogen-bond acceptors (Lipinski definition) is 7. The fraction of sp³-hybridized carbons (Fsp3) is 0.200. The molecule has 0 amide bonds. The highest BCUT2D eigenvalue weighted by Gasteiger charge is 2.14. The Morgan fingerprint density at radius 1 is 1.29 bits per heavy atom. The van der Waals surface area contributed by atoms with E-state index in [-0.39, 0.29) is 5.25 Å². The van der Waals surface area contributed by atoms with Crippen molar-refractivity contribution in [3.05, 3.63) is 28.5 Å². The minimum Gasteiger partial charge on any atom is -0.383 e. The third-order valence-corrected chi connectivity index (χ3v) is 4.33. The van der Waals surface area contributed by atoms with Gasteiger partial charge in [-0.15, -0.1) is 11.3 Å². The van der Waals surface area contributed by atoms with E-state index in [1.165, 1.54) is 22.7 Å². The predicted octanol–water partition coefficient (Wildman–Crippen LogP) is 1.49. The molecule has 0 saturated heterocycles. The van der Waals surface area contributed by atoms with Gasteiger partial charge in [-0.3, -0.25) is 0 Å². The zero-order valence-electron chi connectivity index (χ0n) is 9.04. The van der Waals surface area contributed by atoms with Crippen LogP contribution < -0.4 is 17.2 Å². The number of thiophene rings is 1. The van der Waals surface area contributed by atoms with Gasteiger partial charge in [0.2, 0.25) is 0 Å². The fourth-order valence-electron chi connectivity index (χ4n) is 1.34. The Bertz CT molecular complexity index is 465. The van der Waals surface area contributed by atoms with Crippen LogP contribution in [0.25, 0.3) is 0 Å². The van der Waals surface area contributed by atoms with Crippen LogP contribution in [0, 0.1) is 0 Å². The molecule has 0 bridgehead atoms. The summed E-state index contributed by atoms with van der Waals surface area (Å²) >= 11 is 3.14. The van der Waals surface area contributed by atoms with E-state index < -0.39 is 0 Å². The number of nitrogens with two attached hydrogens (primary N) is 3. The zero-order chi connectivity index (χ0) is 12.3. The van der Waals surface area contributed by atoms with Gasteiger partial charge >= 0.3 is 0 Å². The number of anilines is 2. The summed E-state index contributed by atoms with van der Waals surface area (Å²) in [6.45, 7) is 0.517. The molecule has 2 heterocycles. The second kappa shape index (κ2) is 5.35. The van der Waals surface area contributed by atoms with E-state index in [4.69, 9.17) is 17.2 Å². The molecule has 1 atom stereocenters. The third kappa shape index (κ3) is 3.09. The van der Waals surface area contributed by atoms with Gasteiger partial charge in [0.15, 0.2) is 5.16 Å². The van der Waals surface area contributed by atoms with Crippen LogP contribution in [0.15, 0.2) is 28.7 Å². The smallest absolute Gasteiger partial charge is 0.192 e. The first-order valence-corrected chi connectivity index (χ1v) is 6.75. The monoisotopic (exact) mass is 267 g/mol. The Labute approximate surface area is 107 Å². The molecule has 6 N–H and O–H groups in total. The van der Waals surface area contributed by atoms with E-state index >= 15 is 0 Å². The lowest BCUT2D eigenvalue weighted by Gasteiger charge is -2.11. The second-order valence-electron chi connectivity index (χ2n) is 3.36. The maximum atomic E-state index is 5.76. The second-order valence-corrected chi connectivity index (χ2v) is 5.51. The van der Waals surface area contributed by atoms with E-state index in [1.54, 1.807) is 11.3 Å². The minimum atomic E-state index is 0.135. The lowest BCUT2D eigenvalue weighted by Crippen LogP contribution is -2.09. The van der Waals surface area contributed by atoms with Crippen molar-refractivity contribution >= 4 is 34.7 Å². The van der Waals surface area contributed by atoms with Crippen LogP contribution >= 0.6 is 23.1 Å². The van der Waals surface area contributed by atoms with Crippen LogP contribution in [0.2, 0.25) is 0 Å². The summed E-state index contributed by atoms with van der Waals surface area (Å²) in [6, 6.07) is 5.58. The normalized spacial score (nSPS) is 12.5. The van der Waals surface area contributed by atoms with E-state index in [2.05, 4.69) is 9.97 Å². The van der Waals surface area contributed by atoms with Crippen LogP contribution in [0.5, 0.6) is 0 Å². The Kier molecular flexibility index (Phi) is 3.82. The molecule has 2 rings (SSSR count). The number of nitrogens with zero attached hydrogens (tertiary/aromatic N) is 2. The number of aromatic nitrogens is 2. The molecule has 0 radical (unpaired) electrons. The van der Waals surface area contributed by atoms with E-state index in [0.29, 0.717) is 23.3 Å². The van der Waals surface area contributed by atoms with E-state index in [0.717, 1.165) is 0 Å². The first-order valence-electron chi connectivity index (χ1n) is 4.99. The van der Waals surface area contributed by atoms with Crippen LogP contribution in [-0.4, -0.2) is 16.5 Å². The summed E-state index contributed by atoms with van der Waals surface area (Å²) in [6.07, 6.45) is 0. The number of thioether (sulfide) groups is 1. The zero-order valence-corrected chi connectivity index (χ0v) is 10.7. The van der Waals surface area contributed by atoms with Gasteiger partial charge in [0, 0.05) is 17.5 Å². The Morgan fingerprint density at radius 2 is 2.00 bits per heavy atom. The molecule has 7 heteroatoms. The average molecular weight is 267 g/mol. The first kappa shape index (κ1) is 12.2. The van der Waals surface area contributed by atoms with Crippen molar-refractivity contribution in [3.8, 4) is 0 Å². The van der Waals surface area contributed by atoms with Gasteiger partial charge in [0.1, 0.15) is 11.6 Å². The van der Waals surface area contributed by atoms with Gasteiger partial charge in [0.25, 0.3) is 0 Å². The standard InChI is InChI=1S/C10H13N5S2/c11-5-7(6-2-1-3-16-6)17-10-14-8(12)4-9(13)15-10/h1-4,7H,5,11H2,(H4,12,13,14,15). The summed E-state index contributed by atoms with van der Waals surface area (Å²) in [4.78, 5) is 9.46. The molecule has 0 aliphatic rings. The first-order chi connectivity index (χ1) is 8.19. The summed E-state index contributed by atoms with van der Waals surface area (Å²) in [7, 11) is 0. The highest BCUT2D eigenvalue weighted by molar-refractivity contribution is 7.99. The van der Waals surface area contributed by atoms with Crippen LogP contribution in [0.3, 0.4) is 0 Å².